The number of nitrogens with zero attached hydrogens (tertiary/aromatic N) is 3. The first kappa shape index (κ1) is 20.8. The Bertz CT molecular complexity index is 1010. The van der Waals surface area contributed by atoms with Gasteiger partial charge in [-0.2, -0.15) is 4.98 Å². The number of anilines is 1. The second-order valence-electron chi connectivity index (χ2n) is 7.37. The third-order valence-electron chi connectivity index (χ3n) is 5.31. The van der Waals surface area contributed by atoms with Crippen molar-refractivity contribution in [3.05, 3.63) is 44.5 Å². The summed E-state index contributed by atoms with van der Waals surface area (Å²) in [4.78, 5) is 14.6. The van der Waals surface area contributed by atoms with Gasteiger partial charge in [0.2, 0.25) is 5.95 Å². The molecule has 0 saturated carbocycles. The number of aryl methyl sites for hydroxylation is 1. The number of nitrogens with one attached hydrogen (secondary N) is 1. The summed E-state index contributed by atoms with van der Waals surface area (Å²) >= 11 is 15.8. The van der Waals surface area contributed by atoms with Crippen LogP contribution in [-0.4, -0.2) is 34.6 Å². The van der Waals surface area contributed by atoms with Gasteiger partial charge in [-0.05, 0) is 84.3 Å². The molecule has 1 fully saturated rings. The fourth-order valence-electron chi connectivity index (χ4n) is 3.96. The monoisotopic (exact) mass is 496 g/mol. The van der Waals surface area contributed by atoms with Gasteiger partial charge in [0.1, 0.15) is 10.9 Å². The number of pyridine rings is 1. The van der Waals surface area contributed by atoms with Crippen molar-refractivity contribution in [1.82, 2.24) is 15.0 Å². The second kappa shape index (κ2) is 9.11. The van der Waals surface area contributed by atoms with Gasteiger partial charge in [0, 0.05) is 18.1 Å². The average Bonchev–Trinajstić information content (AvgIpc) is 3.12. The van der Waals surface area contributed by atoms with Crippen LogP contribution in [0.1, 0.15) is 31.7 Å². The summed E-state index contributed by atoms with van der Waals surface area (Å²) in [5.41, 5.74) is 2.74. The summed E-state index contributed by atoms with van der Waals surface area (Å²) in [5.74, 6) is 2.37. The zero-order chi connectivity index (χ0) is 20.4. The van der Waals surface area contributed by atoms with Crippen molar-refractivity contribution < 1.29 is 4.74 Å². The number of benzene rings is 1. The minimum absolute atomic E-state index is 0.463. The molecular weight excluding hydrogens is 475 g/mol. The van der Waals surface area contributed by atoms with Gasteiger partial charge in [-0.25, -0.2) is 4.98 Å². The van der Waals surface area contributed by atoms with E-state index in [4.69, 9.17) is 27.9 Å². The quantitative estimate of drug-likeness (QED) is 0.407. The smallest absolute Gasteiger partial charge is 0.205 e. The molecule has 29 heavy (non-hydrogen) atoms. The van der Waals surface area contributed by atoms with Crippen LogP contribution in [0.2, 0.25) is 10.2 Å². The largest absolute Gasteiger partial charge is 0.492 e. The fraction of sp³-hybridized carbons (Fsp3) is 0.429. The predicted molar refractivity (Wildman–Crippen MR) is 122 cm³/mol. The molecule has 4 rings (SSSR count). The predicted octanol–water partition coefficient (Wildman–Crippen LogP) is 6.28. The van der Waals surface area contributed by atoms with Crippen LogP contribution in [0.25, 0.3) is 11.2 Å². The Morgan fingerprint density at radius 1 is 1.28 bits per heavy atom. The molecule has 0 aliphatic carbocycles. The Labute approximate surface area is 188 Å². The minimum Gasteiger partial charge on any atom is -0.492 e. The van der Waals surface area contributed by atoms with Crippen molar-refractivity contribution in [1.29, 1.82) is 0 Å². The molecule has 1 N–H and O–H groups in total. The molecular formula is C21H23BrCl2N4O. The Morgan fingerprint density at radius 2 is 2.14 bits per heavy atom. The molecule has 8 heteroatoms. The molecule has 0 radical (unpaired) electrons. The molecule has 3 aromatic rings. The van der Waals surface area contributed by atoms with E-state index in [1.807, 2.05) is 25.1 Å². The number of rotatable bonds is 6. The number of hydrogen-bond acceptors (Lipinski definition) is 4. The number of aromatic nitrogens is 3. The zero-order valence-electron chi connectivity index (χ0n) is 16.2. The number of aromatic amines is 1. The van der Waals surface area contributed by atoms with E-state index < -0.39 is 0 Å². The normalized spacial score (nSPS) is 17.1. The molecule has 0 spiro atoms. The van der Waals surface area contributed by atoms with E-state index in [2.05, 4.69) is 35.8 Å². The number of imidazole rings is 1. The Balaban J connectivity index is 1.45. The van der Waals surface area contributed by atoms with Crippen LogP contribution in [-0.2, 0) is 6.42 Å². The molecule has 2 aromatic heterocycles. The highest BCUT2D eigenvalue weighted by Crippen LogP contribution is 2.35. The number of ether oxygens (including phenoxy) is 1. The van der Waals surface area contributed by atoms with Crippen LogP contribution in [0, 0.1) is 5.92 Å². The second-order valence-corrected chi connectivity index (χ2v) is 9.05. The first-order chi connectivity index (χ1) is 14.0. The van der Waals surface area contributed by atoms with Gasteiger partial charge in [0.25, 0.3) is 0 Å². The maximum Gasteiger partial charge on any atom is 0.205 e. The van der Waals surface area contributed by atoms with E-state index in [1.165, 1.54) is 6.42 Å². The topological polar surface area (TPSA) is 54.0 Å². The third-order valence-corrected chi connectivity index (χ3v) is 6.33. The lowest BCUT2D eigenvalue weighted by atomic mass is 9.91. The number of piperidine rings is 1. The van der Waals surface area contributed by atoms with Gasteiger partial charge in [0.05, 0.1) is 16.6 Å². The zero-order valence-corrected chi connectivity index (χ0v) is 19.3. The molecule has 1 saturated heterocycles. The van der Waals surface area contributed by atoms with E-state index in [-0.39, 0.29) is 0 Å². The summed E-state index contributed by atoms with van der Waals surface area (Å²) in [6.07, 6.45) is 4.37. The molecule has 1 aliphatic rings. The van der Waals surface area contributed by atoms with Crippen molar-refractivity contribution in [2.24, 2.45) is 5.92 Å². The van der Waals surface area contributed by atoms with Crippen LogP contribution in [0.15, 0.2) is 28.7 Å². The average molecular weight is 498 g/mol. The SMILES string of the molecule is CCOc1c(Br)cc(Cl)cc1CC[C@H]1CCCN(c2nc3nc(Cl)ccc3[nH]2)C1. The number of hydrogen-bond donors (Lipinski definition) is 1. The summed E-state index contributed by atoms with van der Waals surface area (Å²) in [7, 11) is 0. The summed E-state index contributed by atoms with van der Waals surface area (Å²) < 4.78 is 6.76. The highest BCUT2D eigenvalue weighted by molar-refractivity contribution is 9.10. The lowest BCUT2D eigenvalue weighted by Crippen LogP contribution is -2.36. The van der Waals surface area contributed by atoms with Crippen molar-refractivity contribution in [3.63, 3.8) is 0 Å². The van der Waals surface area contributed by atoms with Gasteiger partial charge in [-0.3, -0.25) is 0 Å². The van der Waals surface area contributed by atoms with Crippen LogP contribution in [0.5, 0.6) is 5.75 Å². The highest BCUT2D eigenvalue weighted by Gasteiger charge is 2.23. The molecule has 1 aromatic carbocycles. The van der Waals surface area contributed by atoms with E-state index in [9.17, 15) is 0 Å². The van der Waals surface area contributed by atoms with Crippen molar-refractivity contribution >= 4 is 56.2 Å². The molecule has 5 nitrogen and oxygen atoms in total. The molecule has 0 unspecified atom stereocenters. The van der Waals surface area contributed by atoms with Crippen LogP contribution in [0.3, 0.4) is 0 Å². The Kier molecular flexibility index (Phi) is 6.52. The molecule has 1 atom stereocenters. The van der Waals surface area contributed by atoms with Crippen LogP contribution < -0.4 is 9.64 Å². The minimum atomic E-state index is 0.463. The number of halogens is 3. The van der Waals surface area contributed by atoms with Gasteiger partial charge in [0.15, 0.2) is 5.65 Å². The maximum atomic E-state index is 6.28. The maximum absolute atomic E-state index is 6.28. The fourth-order valence-corrected chi connectivity index (χ4v) is 5.10. The summed E-state index contributed by atoms with van der Waals surface area (Å²) in [6, 6.07) is 7.62. The number of H-pyrrole nitrogens is 1. The first-order valence-electron chi connectivity index (χ1n) is 9.91. The van der Waals surface area contributed by atoms with E-state index >= 15 is 0 Å². The van der Waals surface area contributed by atoms with Crippen molar-refractivity contribution in [2.75, 3.05) is 24.6 Å². The third kappa shape index (κ3) is 4.81. The highest BCUT2D eigenvalue weighted by atomic mass is 79.9. The first-order valence-corrected chi connectivity index (χ1v) is 11.5. The molecule has 3 heterocycles. The van der Waals surface area contributed by atoms with Crippen molar-refractivity contribution in [2.45, 2.75) is 32.6 Å². The van der Waals surface area contributed by atoms with E-state index in [0.29, 0.717) is 23.3 Å². The molecule has 0 amide bonds. The number of fused-ring (bicyclic) bond motifs is 1. The van der Waals surface area contributed by atoms with Crippen LogP contribution in [0.4, 0.5) is 5.95 Å². The molecule has 0 bridgehead atoms. The Morgan fingerprint density at radius 3 is 2.97 bits per heavy atom. The summed E-state index contributed by atoms with van der Waals surface area (Å²) in [5, 5.41) is 1.19. The van der Waals surface area contributed by atoms with E-state index in [1.54, 1.807) is 6.07 Å². The molecule has 154 valence electrons. The van der Waals surface area contributed by atoms with Gasteiger partial charge in [-0.15, -0.1) is 0 Å². The van der Waals surface area contributed by atoms with Crippen molar-refractivity contribution in [3.8, 4) is 5.75 Å². The summed E-state index contributed by atoms with van der Waals surface area (Å²) in [6.45, 7) is 4.60. The lowest BCUT2D eigenvalue weighted by molar-refractivity contribution is 0.331. The lowest BCUT2D eigenvalue weighted by Gasteiger charge is -2.32. The van der Waals surface area contributed by atoms with E-state index in [0.717, 1.165) is 64.6 Å². The van der Waals surface area contributed by atoms with Crippen LogP contribution >= 0.6 is 39.1 Å². The van der Waals surface area contributed by atoms with Gasteiger partial charge < -0.3 is 14.6 Å². The van der Waals surface area contributed by atoms with Gasteiger partial charge >= 0.3 is 0 Å². The van der Waals surface area contributed by atoms with Gasteiger partial charge in [-0.1, -0.05) is 23.2 Å². The Hall–Kier alpha value is -1.50. The standard InChI is InChI=1S/C21H23BrCl2N4O/c1-2-29-19-14(10-15(23)11-16(19)22)6-5-13-4-3-9-28(12-13)21-25-17-7-8-18(24)26-20(17)27-21/h7-8,10-11,13H,2-6,9,12H2,1H3,(H,25,26,27)/t13-/m1/s1. The molecule has 1 aliphatic heterocycles.